The highest BCUT2D eigenvalue weighted by atomic mass is 35.5. The van der Waals surface area contributed by atoms with Crippen LogP contribution in [-0.2, 0) is 9.30 Å². The van der Waals surface area contributed by atoms with Gasteiger partial charge in [-0.2, -0.15) is 0 Å². The molecule has 0 N–H and O–H groups in total. The van der Waals surface area contributed by atoms with Crippen LogP contribution in [-0.4, -0.2) is 31.2 Å². The molecule has 1 aliphatic rings. The normalized spacial score (nSPS) is 32.1. The van der Waals surface area contributed by atoms with Crippen LogP contribution in [0.4, 0.5) is 0 Å². The molecular formula is C11H20ClO2P. The number of hydrogen-bond acceptors (Lipinski definition) is 2. The van der Waals surface area contributed by atoms with E-state index in [1.165, 1.54) is 0 Å². The van der Waals surface area contributed by atoms with E-state index in [1.807, 2.05) is 13.8 Å². The van der Waals surface area contributed by atoms with Crippen LogP contribution in [0.5, 0.6) is 0 Å². The maximum atomic E-state index is 12.5. The summed E-state index contributed by atoms with van der Waals surface area (Å²) in [6.07, 6.45) is 2.98. The molecule has 0 bridgehead atoms. The number of ether oxygens (including phenoxy) is 1. The van der Waals surface area contributed by atoms with Gasteiger partial charge in [0, 0.05) is 30.1 Å². The third-order valence-electron chi connectivity index (χ3n) is 2.71. The summed E-state index contributed by atoms with van der Waals surface area (Å²) in [4.78, 5) is 0. The van der Waals surface area contributed by atoms with E-state index in [-0.39, 0.29) is 6.10 Å². The summed E-state index contributed by atoms with van der Waals surface area (Å²) in [7, 11) is -2.06. The van der Waals surface area contributed by atoms with E-state index in [2.05, 4.69) is 6.92 Å². The average Bonchev–Trinajstić information content (AvgIpc) is 2.14. The van der Waals surface area contributed by atoms with Crippen molar-refractivity contribution in [1.29, 1.82) is 0 Å². The second-order valence-electron chi connectivity index (χ2n) is 4.19. The van der Waals surface area contributed by atoms with Crippen LogP contribution in [0.3, 0.4) is 0 Å². The van der Waals surface area contributed by atoms with Gasteiger partial charge in [-0.05, 0) is 25.8 Å². The van der Waals surface area contributed by atoms with Crippen molar-refractivity contribution in [1.82, 2.24) is 0 Å². The third-order valence-corrected chi connectivity index (χ3v) is 6.59. The summed E-state index contributed by atoms with van der Waals surface area (Å²) in [5, 5.41) is 0.777. The molecule has 88 valence electrons. The van der Waals surface area contributed by atoms with Crippen LogP contribution in [0.15, 0.2) is 10.6 Å². The molecule has 1 aliphatic heterocycles. The number of allylic oxidation sites excluding steroid dienone is 1. The maximum Gasteiger partial charge on any atom is 0.0997 e. The summed E-state index contributed by atoms with van der Waals surface area (Å²) in [6.45, 7) is 6.61. The zero-order valence-corrected chi connectivity index (χ0v) is 11.4. The van der Waals surface area contributed by atoms with E-state index < -0.39 is 7.14 Å². The van der Waals surface area contributed by atoms with Crippen LogP contribution in [0.1, 0.15) is 27.2 Å². The first-order valence-corrected chi connectivity index (χ1v) is 8.20. The lowest BCUT2D eigenvalue weighted by Gasteiger charge is -2.30. The summed E-state index contributed by atoms with van der Waals surface area (Å²) < 4.78 is 18.0. The fourth-order valence-electron chi connectivity index (χ4n) is 2.13. The smallest absolute Gasteiger partial charge is 0.0997 e. The minimum absolute atomic E-state index is 0.122. The molecule has 0 aromatic rings. The molecule has 0 radical (unpaired) electrons. The molecule has 0 aromatic carbocycles. The van der Waals surface area contributed by atoms with E-state index in [0.717, 1.165) is 23.2 Å². The van der Waals surface area contributed by atoms with Crippen molar-refractivity contribution >= 4 is 18.7 Å². The Morgan fingerprint density at radius 3 is 2.73 bits per heavy atom. The Morgan fingerprint density at radius 1 is 1.53 bits per heavy atom. The van der Waals surface area contributed by atoms with Crippen molar-refractivity contribution < 1.29 is 9.30 Å². The van der Waals surface area contributed by atoms with Gasteiger partial charge in [-0.15, -0.1) is 0 Å². The molecule has 2 atom stereocenters. The molecule has 0 aromatic heterocycles. The Bertz CT molecular complexity index is 299. The van der Waals surface area contributed by atoms with Crippen LogP contribution in [0, 0.1) is 0 Å². The minimum atomic E-state index is -2.06. The van der Waals surface area contributed by atoms with Crippen molar-refractivity contribution in [2.24, 2.45) is 0 Å². The molecule has 0 saturated carbocycles. The average molecular weight is 251 g/mol. The topological polar surface area (TPSA) is 26.3 Å². The van der Waals surface area contributed by atoms with Gasteiger partial charge in [-0.3, -0.25) is 0 Å². The Morgan fingerprint density at radius 2 is 2.20 bits per heavy atom. The second kappa shape index (κ2) is 5.52. The first kappa shape index (κ1) is 13.3. The molecule has 1 rings (SSSR count). The number of rotatable bonds is 4. The van der Waals surface area contributed by atoms with Gasteiger partial charge in [0.2, 0.25) is 0 Å². The number of hydrogen-bond donors (Lipinski definition) is 0. The Labute approximate surface area is 97.4 Å². The van der Waals surface area contributed by atoms with Crippen molar-refractivity contribution in [3.8, 4) is 0 Å². The minimum Gasteiger partial charge on any atom is -0.372 e. The molecule has 0 aliphatic carbocycles. The molecule has 0 amide bonds. The molecule has 0 unspecified atom stereocenters. The fourth-order valence-corrected chi connectivity index (χ4v) is 5.75. The van der Waals surface area contributed by atoms with Crippen LogP contribution < -0.4 is 0 Å². The van der Waals surface area contributed by atoms with Crippen molar-refractivity contribution in [3.05, 3.63) is 10.6 Å². The zero-order valence-electron chi connectivity index (χ0n) is 9.75. The standard InChI is InChI=1S/C11H20ClO2P/c1-4-6-15(13)7-9(3)11(12)10(8-15)14-5-2/h10H,4-8H2,1-3H3/t10-,15+/m1/s1. The predicted octanol–water partition coefficient (Wildman–Crippen LogP) is 3.69. The lowest BCUT2D eigenvalue weighted by atomic mass is 10.2. The summed E-state index contributed by atoms with van der Waals surface area (Å²) >= 11 is 6.17. The predicted molar refractivity (Wildman–Crippen MR) is 66.5 cm³/mol. The van der Waals surface area contributed by atoms with Gasteiger partial charge in [0.05, 0.1) is 13.2 Å². The number of halogens is 1. The van der Waals surface area contributed by atoms with Gasteiger partial charge in [-0.1, -0.05) is 18.5 Å². The molecule has 15 heavy (non-hydrogen) atoms. The Balaban J connectivity index is 2.84. The Kier molecular flexibility index (Phi) is 4.89. The van der Waals surface area contributed by atoms with Gasteiger partial charge < -0.3 is 9.30 Å². The molecule has 0 spiro atoms. The van der Waals surface area contributed by atoms with Gasteiger partial charge in [0.1, 0.15) is 0 Å². The quantitative estimate of drug-likeness (QED) is 0.712. The molecule has 0 fully saturated rings. The summed E-state index contributed by atoms with van der Waals surface area (Å²) in [5.74, 6) is 0. The van der Waals surface area contributed by atoms with E-state index in [0.29, 0.717) is 18.9 Å². The van der Waals surface area contributed by atoms with Crippen molar-refractivity contribution in [2.45, 2.75) is 33.3 Å². The van der Waals surface area contributed by atoms with E-state index in [1.54, 1.807) is 0 Å². The highest BCUT2D eigenvalue weighted by molar-refractivity contribution is 7.64. The monoisotopic (exact) mass is 250 g/mol. The van der Waals surface area contributed by atoms with Crippen LogP contribution >= 0.6 is 18.7 Å². The lowest BCUT2D eigenvalue weighted by Crippen LogP contribution is -2.25. The second-order valence-corrected chi connectivity index (χ2v) is 7.85. The Hall–Kier alpha value is 0.220. The van der Waals surface area contributed by atoms with Crippen molar-refractivity contribution in [2.75, 3.05) is 25.1 Å². The first-order chi connectivity index (χ1) is 7.02. The van der Waals surface area contributed by atoms with E-state index in [4.69, 9.17) is 16.3 Å². The first-order valence-electron chi connectivity index (χ1n) is 5.56. The van der Waals surface area contributed by atoms with Crippen LogP contribution in [0.2, 0.25) is 0 Å². The fraction of sp³-hybridized carbons (Fsp3) is 0.818. The molecule has 1 heterocycles. The molecule has 2 nitrogen and oxygen atoms in total. The largest absolute Gasteiger partial charge is 0.372 e. The van der Waals surface area contributed by atoms with Gasteiger partial charge in [0.15, 0.2) is 0 Å². The van der Waals surface area contributed by atoms with E-state index >= 15 is 0 Å². The van der Waals surface area contributed by atoms with Crippen LogP contribution in [0.25, 0.3) is 0 Å². The third kappa shape index (κ3) is 3.34. The highest BCUT2D eigenvalue weighted by Crippen LogP contribution is 2.53. The highest BCUT2D eigenvalue weighted by Gasteiger charge is 2.34. The van der Waals surface area contributed by atoms with Gasteiger partial charge >= 0.3 is 0 Å². The lowest BCUT2D eigenvalue weighted by molar-refractivity contribution is 0.106. The van der Waals surface area contributed by atoms with Gasteiger partial charge in [0.25, 0.3) is 0 Å². The molecule has 0 saturated heterocycles. The zero-order chi connectivity index (χ0) is 11.5. The van der Waals surface area contributed by atoms with Gasteiger partial charge in [-0.25, -0.2) is 0 Å². The SMILES string of the molecule is CCC[P@]1(=O)CC(C)=C(Cl)[C@H](OCC)C1. The van der Waals surface area contributed by atoms with E-state index in [9.17, 15) is 4.57 Å². The maximum absolute atomic E-state index is 12.5. The summed E-state index contributed by atoms with van der Waals surface area (Å²) in [5.41, 5.74) is 1.05. The summed E-state index contributed by atoms with van der Waals surface area (Å²) in [6, 6.07) is 0. The molecular weight excluding hydrogens is 231 g/mol. The molecule has 4 heteroatoms. The van der Waals surface area contributed by atoms with Crippen molar-refractivity contribution in [3.63, 3.8) is 0 Å².